The van der Waals surface area contributed by atoms with Crippen LogP contribution in [0.1, 0.15) is 52.0 Å². The Balaban J connectivity index is 1.80. The molecule has 0 aromatic carbocycles. The Kier molecular flexibility index (Phi) is 6.93. The Morgan fingerprint density at radius 2 is 2.09 bits per heavy atom. The quantitative estimate of drug-likeness (QED) is 0.626. The van der Waals surface area contributed by atoms with Gasteiger partial charge in [-0.2, -0.15) is 5.10 Å². The molecule has 0 spiro atoms. The Labute approximate surface area is 141 Å². The Morgan fingerprint density at radius 1 is 1.35 bits per heavy atom. The molecule has 0 amide bonds. The smallest absolute Gasteiger partial charge is 0.191 e. The SMILES string of the molecule is CCNC(=NCCc1cnn(C)c1)NC1CCC(C(C)C)CC1. The van der Waals surface area contributed by atoms with Gasteiger partial charge in [-0.15, -0.1) is 0 Å². The molecule has 23 heavy (non-hydrogen) atoms. The number of aliphatic imine (C=N–C) groups is 1. The average Bonchev–Trinajstić information content (AvgIpc) is 2.93. The first kappa shape index (κ1) is 17.8. The molecule has 2 N–H and O–H groups in total. The lowest BCUT2D eigenvalue weighted by atomic mass is 9.80. The molecular weight excluding hydrogens is 286 g/mol. The summed E-state index contributed by atoms with van der Waals surface area (Å²) in [4.78, 5) is 4.72. The van der Waals surface area contributed by atoms with Gasteiger partial charge in [0.2, 0.25) is 0 Å². The van der Waals surface area contributed by atoms with E-state index in [1.54, 1.807) is 0 Å². The molecule has 1 aromatic rings. The van der Waals surface area contributed by atoms with Crippen LogP contribution in [0.15, 0.2) is 17.4 Å². The number of guanidine groups is 1. The standard InChI is InChI=1S/C18H33N5/c1-5-19-18(20-11-10-15-12-21-23(4)13-15)22-17-8-6-16(7-9-17)14(2)3/h12-14,16-17H,5-11H2,1-4H3,(H2,19,20,22). The molecule has 0 aliphatic heterocycles. The maximum atomic E-state index is 4.72. The second kappa shape index (κ2) is 8.94. The third-order valence-corrected chi connectivity index (χ3v) is 4.83. The van der Waals surface area contributed by atoms with Crippen LogP contribution in [0.5, 0.6) is 0 Å². The van der Waals surface area contributed by atoms with Crippen LogP contribution in [-0.2, 0) is 13.5 Å². The predicted octanol–water partition coefficient (Wildman–Crippen LogP) is 2.73. The van der Waals surface area contributed by atoms with Crippen molar-refractivity contribution < 1.29 is 0 Å². The van der Waals surface area contributed by atoms with Crippen molar-refractivity contribution in [1.82, 2.24) is 20.4 Å². The largest absolute Gasteiger partial charge is 0.357 e. The molecule has 1 heterocycles. The summed E-state index contributed by atoms with van der Waals surface area (Å²) >= 11 is 0. The van der Waals surface area contributed by atoms with Gasteiger partial charge < -0.3 is 10.6 Å². The topological polar surface area (TPSA) is 54.2 Å². The van der Waals surface area contributed by atoms with Crippen molar-refractivity contribution in [2.75, 3.05) is 13.1 Å². The van der Waals surface area contributed by atoms with Gasteiger partial charge in [0.15, 0.2) is 5.96 Å². The van der Waals surface area contributed by atoms with Gasteiger partial charge in [-0.05, 0) is 56.4 Å². The number of hydrogen-bond acceptors (Lipinski definition) is 2. The monoisotopic (exact) mass is 319 g/mol. The lowest BCUT2D eigenvalue weighted by Crippen LogP contribution is -2.45. The first-order chi connectivity index (χ1) is 11.1. The minimum absolute atomic E-state index is 0.571. The van der Waals surface area contributed by atoms with Crippen LogP contribution in [0.25, 0.3) is 0 Å². The summed E-state index contributed by atoms with van der Waals surface area (Å²) in [5.41, 5.74) is 1.24. The third kappa shape index (κ3) is 5.88. The highest BCUT2D eigenvalue weighted by Crippen LogP contribution is 2.29. The Hall–Kier alpha value is -1.52. The highest BCUT2D eigenvalue weighted by molar-refractivity contribution is 5.80. The molecule has 130 valence electrons. The van der Waals surface area contributed by atoms with Crippen molar-refractivity contribution >= 4 is 5.96 Å². The van der Waals surface area contributed by atoms with Gasteiger partial charge in [-0.1, -0.05) is 13.8 Å². The van der Waals surface area contributed by atoms with E-state index in [0.29, 0.717) is 6.04 Å². The van der Waals surface area contributed by atoms with Crippen LogP contribution in [0.3, 0.4) is 0 Å². The van der Waals surface area contributed by atoms with Gasteiger partial charge in [0.05, 0.1) is 6.20 Å². The first-order valence-corrected chi connectivity index (χ1v) is 9.10. The molecule has 2 rings (SSSR count). The van der Waals surface area contributed by atoms with Crippen LogP contribution in [0, 0.1) is 11.8 Å². The third-order valence-electron chi connectivity index (χ3n) is 4.83. The van der Waals surface area contributed by atoms with Crippen LogP contribution >= 0.6 is 0 Å². The molecule has 1 aliphatic carbocycles. The van der Waals surface area contributed by atoms with Crippen molar-refractivity contribution in [2.45, 2.75) is 58.9 Å². The summed E-state index contributed by atoms with van der Waals surface area (Å²) in [6, 6.07) is 0.571. The molecule has 5 heteroatoms. The maximum absolute atomic E-state index is 4.72. The molecule has 0 atom stereocenters. The van der Waals surface area contributed by atoms with E-state index < -0.39 is 0 Å². The van der Waals surface area contributed by atoms with Crippen molar-refractivity contribution in [1.29, 1.82) is 0 Å². The zero-order chi connectivity index (χ0) is 16.7. The molecule has 1 fully saturated rings. The van der Waals surface area contributed by atoms with Gasteiger partial charge in [-0.25, -0.2) is 0 Å². The normalized spacial score (nSPS) is 22.4. The number of hydrogen-bond donors (Lipinski definition) is 2. The Morgan fingerprint density at radius 3 is 2.65 bits per heavy atom. The van der Waals surface area contributed by atoms with Crippen molar-refractivity contribution in [3.63, 3.8) is 0 Å². The van der Waals surface area contributed by atoms with E-state index in [0.717, 1.165) is 37.3 Å². The lowest BCUT2D eigenvalue weighted by molar-refractivity contribution is 0.250. The number of aryl methyl sites for hydroxylation is 1. The van der Waals surface area contributed by atoms with E-state index in [-0.39, 0.29) is 0 Å². The van der Waals surface area contributed by atoms with Crippen LogP contribution in [-0.4, -0.2) is 34.9 Å². The first-order valence-electron chi connectivity index (χ1n) is 9.10. The number of rotatable bonds is 6. The molecule has 0 bridgehead atoms. The summed E-state index contributed by atoms with van der Waals surface area (Å²) in [6.45, 7) is 8.52. The van der Waals surface area contributed by atoms with Crippen LogP contribution < -0.4 is 10.6 Å². The number of nitrogens with zero attached hydrogens (tertiary/aromatic N) is 3. The molecule has 5 nitrogen and oxygen atoms in total. The maximum Gasteiger partial charge on any atom is 0.191 e. The summed E-state index contributed by atoms with van der Waals surface area (Å²) in [6.07, 6.45) is 10.1. The van der Waals surface area contributed by atoms with Crippen molar-refractivity contribution in [2.24, 2.45) is 23.9 Å². The van der Waals surface area contributed by atoms with E-state index in [2.05, 4.69) is 42.7 Å². The van der Waals surface area contributed by atoms with Gasteiger partial charge in [0.1, 0.15) is 0 Å². The zero-order valence-electron chi connectivity index (χ0n) is 15.2. The van der Waals surface area contributed by atoms with E-state index in [4.69, 9.17) is 4.99 Å². The summed E-state index contributed by atoms with van der Waals surface area (Å²) in [5, 5.41) is 11.2. The number of aromatic nitrogens is 2. The van der Waals surface area contributed by atoms with Gasteiger partial charge in [0.25, 0.3) is 0 Å². The van der Waals surface area contributed by atoms with Gasteiger partial charge in [-0.3, -0.25) is 9.67 Å². The molecular formula is C18H33N5. The highest BCUT2D eigenvalue weighted by atomic mass is 15.2. The van der Waals surface area contributed by atoms with Crippen LogP contribution in [0.4, 0.5) is 0 Å². The fourth-order valence-electron chi connectivity index (χ4n) is 3.34. The molecule has 0 unspecified atom stereocenters. The van der Waals surface area contributed by atoms with E-state index in [1.807, 2.05) is 17.9 Å². The Bertz CT molecular complexity index is 483. The van der Waals surface area contributed by atoms with Crippen molar-refractivity contribution in [3.8, 4) is 0 Å². The molecule has 1 aromatic heterocycles. The van der Waals surface area contributed by atoms with Crippen LogP contribution in [0.2, 0.25) is 0 Å². The lowest BCUT2D eigenvalue weighted by Gasteiger charge is -2.32. The molecule has 0 saturated heterocycles. The van der Waals surface area contributed by atoms with Gasteiger partial charge in [0, 0.05) is 32.4 Å². The van der Waals surface area contributed by atoms with E-state index in [9.17, 15) is 0 Å². The summed E-state index contributed by atoms with van der Waals surface area (Å²) < 4.78 is 1.84. The zero-order valence-corrected chi connectivity index (χ0v) is 15.2. The van der Waals surface area contributed by atoms with Crippen molar-refractivity contribution in [3.05, 3.63) is 18.0 Å². The summed E-state index contributed by atoms with van der Waals surface area (Å²) in [7, 11) is 1.95. The molecule has 0 radical (unpaired) electrons. The fourth-order valence-corrected chi connectivity index (χ4v) is 3.34. The molecule has 1 saturated carbocycles. The minimum Gasteiger partial charge on any atom is -0.357 e. The number of nitrogens with one attached hydrogen (secondary N) is 2. The van der Waals surface area contributed by atoms with E-state index in [1.165, 1.54) is 31.2 Å². The second-order valence-corrected chi connectivity index (χ2v) is 7.03. The van der Waals surface area contributed by atoms with E-state index >= 15 is 0 Å². The second-order valence-electron chi connectivity index (χ2n) is 7.03. The van der Waals surface area contributed by atoms with Gasteiger partial charge >= 0.3 is 0 Å². The highest BCUT2D eigenvalue weighted by Gasteiger charge is 2.23. The summed E-state index contributed by atoms with van der Waals surface area (Å²) in [5.74, 6) is 2.68. The average molecular weight is 319 g/mol. The molecule has 1 aliphatic rings. The minimum atomic E-state index is 0.571. The fraction of sp³-hybridized carbons (Fsp3) is 0.778. The predicted molar refractivity (Wildman–Crippen MR) is 96.6 cm³/mol.